The van der Waals surface area contributed by atoms with Crippen molar-refractivity contribution >= 4 is 11.8 Å². The summed E-state index contributed by atoms with van der Waals surface area (Å²) in [6, 6.07) is 0. The number of nitrogens with one attached hydrogen (secondary N) is 1. The first kappa shape index (κ1) is 17.9. The molecule has 0 unspecified atom stereocenters. The summed E-state index contributed by atoms with van der Waals surface area (Å²) in [7, 11) is 0. The van der Waals surface area contributed by atoms with Crippen molar-refractivity contribution in [2.45, 2.75) is 27.2 Å². The number of rotatable bonds is 8. The maximum atomic E-state index is 11.7. The lowest BCUT2D eigenvalue weighted by Crippen LogP contribution is -2.43. The van der Waals surface area contributed by atoms with Crippen LogP contribution in [0.25, 0.3) is 0 Å². The topological polar surface area (TPSA) is 61.9 Å². The van der Waals surface area contributed by atoms with Gasteiger partial charge in [0.2, 0.25) is 11.8 Å². The van der Waals surface area contributed by atoms with E-state index in [9.17, 15) is 9.59 Å². The van der Waals surface area contributed by atoms with Gasteiger partial charge in [0.25, 0.3) is 0 Å². The van der Waals surface area contributed by atoms with Crippen molar-refractivity contribution in [3.05, 3.63) is 0 Å². The smallest absolute Gasteiger partial charge is 0.221 e. The molecule has 122 valence electrons. The zero-order valence-electron chi connectivity index (χ0n) is 13.6. The van der Waals surface area contributed by atoms with Gasteiger partial charge in [0, 0.05) is 52.6 Å². The second-order valence-electron chi connectivity index (χ2n) is 5.91. The minimum Gasteiger partial charge on any atom is -0.379 e. The summed E-state index contributed by atoms with van der Waals surface area (Å²) in [6.07, 6.45) is 0.370. The van der Waals surface area contributed by atoms with Crippen molar-refractivity contribution in [3.8, 4) is 0 Å². The molecule has 0 saturated carbocycles. The standard InChI is InChI=1S/C15H29N3O3/c1-13(2)12-16-15(20)4-5-18(14(3)19)7-6-17-8-10-21-11-9-17/h13H,4-12H2,1-3H3,(H,16,20). The molecular weight excluding hydrogens is 270 g/mol. The van der Waals surface area contributed by atoms with Crippen LogP contribution in [-0.4, -0.2) is 74.1 Å². The van der Waals surface area contributed by atoms with Crippen molar-refractivity contribution in [1.29, 1.82) is 0 Å². The Kier molecular flexibility index (Phi) is 8.30. The maximum Gasteiger partial charge on any atom is 0.221 e. The molecule has 1 heterocycles. The van der Waals surface area contributed by atoms with Gasteiger partial charge in [0.1, 0.15) is 0 Å². The molecule has 21 heavy (non-hydrogen) atoms. The SMILES string of the molecule is CC(=O)N(CCC(=O)NCC(C)C)CCN1CCOCC1. The molecule has 0 atom stereocenters. The van der Waals surface area contributed by atoms with Crippen LogP contribution in [0.1, 0.15) is 27.2 Å². The van der Waals surface area contributed by atoms with Crippen LogP contribution < -0.4 is 5.32 Å². The summed E-state index contributed by atoms with van der Waals surface area (Å²) in [5.74, 6) is 0.487. The van der Waals surface area contributed by atoms with Gasteiger partial charge in [-0.15, -0.1) is 0 Å². The number of carbonyl (C=O) groups is 2. The van der Waals surface area contributed by atoms with E-state index in [1.165, 1.54) is 0 Å². The lowest BCUT2D eigenvalue weighted by Gasteiger charge is -2.29. The molecular formula is C15H29N3O3. The van der Waals surface area contributed by atoms with E-state index in [-0.39, 0.29) is 11.8 Å². The average Bonchev–Trinajstić information content (AvgIpc) is 2.45. The Morgan fingerprint density at radius 3 is 2.48 bits per heavy atom. The van der Waals surface area contributed by atoms with E-state index in [1.807, 2.05) is 0 Å². The summed E-state index contributed by atoms with van der Waals surface area (Å²) in [5.41, 5.74) is 0. The molecule has 1 aliphatic rings. The highest BCUT2D eigenvalue weighted by atomic mass is 16.5. The molecule has 0 aromatic carbocycles. The van der Waals surface area contributed by atoms with Gasteiger partial charge in [-0.2, -0.15) is 0 Å². The fourth-order valence-electron chi connectivity index (χ4n) is 2.16. The number of hydrogen-bond acceptors (Lipinski definition) is 4. The minimum absolute atomic E-state index is 0.0151. The number of hydrogen-bond donors (Lipinski definition) is 1. The number of amides is 2. The average molecular weight is 299 g/mol. The molecule has 6 heteroatoms. The van der Waals surface area contributed by atoms with Crippen LogP contribution in [0.4, 0.5) is 0 Å². The van der Waals surface area contributed by atoms with E-state index >= 15 is 0 Å². The summed E-state index contributed by atoms with van der Waals surface area (Å²) in [5, 5.41) is 2.88. The van der Waals surface area contributed by atoms with E-state index in [4.69, 9.17) is 4.74 Å². The predicted octanol–water partition coefficient (Wildman–Crippen LogP) is 0.329. The van der Waals surface area contributed by atoms with Gasteiger partial charge in [-0.05, 0) is 5.92 Å². The first-order valence-electron chi connectivity index (χ1n) is 7.81. The second kappa shape index (κ2) is 9.73. The van der Waals surface area contributed by atoms with Gasteiger partial charge in [0.05, 0.1) is 13.2 Å². The zero-order chi connectivity index (χ0) is 15.7. The quantitative estimate of drug-likeness (QED) is 0.701. The van der Waals surface area contributed by atoms with Crippen LogP contribution >= 0.6 is 0 Å². The van der Waals surface area contributed by atoms with Gasteiger partial charge >= 0.3 is 0 Å². The van der Waals surface area contributed by atoms with Gasteiger partial charge in [0.15, 0.2) is 0 Å². The summed E-state index contributed by atoms with van der Waals surface area (Å²) >= 11 is 0. The van der Waals surface area contributed by atoms with Crippen molar-refractivity contribution in [3.63, 3.8) is 0 Å². The lowest BCUT2D eigenvalue weighted by molar-refractivity contribution is -0.130. The van der Waals surface area contributed by atoms with Gasteiger partial charge < -0.3 is 15.0 Å². The molecule has 0 aromatic heterocycles. The maximum absolute atomic E-state index is 11.7. The zero-order valence-corrected chi connectivity index (χ0v) is 13.6. The number of morpholine rings is 1. The van der Waals surface area contributed by atoms with Gasteiger partial charge in [-0.1, -0.05) is 13.8 Å². The number of ether oxygens (including phenoxy) is 1. The predicted molar refractivity (Wildman–Crippen MR) is 82.0 cm³/mol. The third-order valence-electron chi connectivity index (χ3n) is 3.55. The molecule has 1 rings (SSSR count). The minimum atomic E-state index is 0.0151. The van der Waals surface area contributed by atoms with E-state index in [0.717, 1.165) is 32.8 Å². The molecule has 0 radical (unpaired) electrons. The van der Waals surface area contributed by atoms with Crippen LogP contribution in [0.5, 0.6) is 0 Å². The molecule has 1 aliphatic heterocycles. The van der Waals surface area contributed by atoms with Crippen molar-refractivity contribution in [1.82, 2.24) is 15.1 Å². The molecule has 1 N–H and O–H groups in total. The molecule has 0 aromatic rings. The fourth-order valence-corrected chi connectivity index (χ4v) is 2.16. The Balaban J connectivity index is 2.25. The van der Waals surface area contributed by atoms with Crippen LogP contribution in [0.3, 0.4) is 0 Å². The monoisotopic (exact) mass is 299 g/mol. The molecule has 1 saturated heterocycles. The first-order chi connectivity index (χ1) is 9.99. The Bertz CT molecular complexity index is 328. The molecule has 0 aliphatic carbocycles. The molecule has 1 fully saturated rings. The molecule has 6 nitrogen and oxygen atoms in total. The fraction of sp³-hybridized carbons (Fsp3) is 0.867. The molecule has 0 bridgehead atoms. The van der Waals surface area contributed by atoms with Crippen molar-refractivity contribution in [2.75, 3.05) is 52.5 Å². The van der Waals surface area contributed by atoms with Gasteiger partial charge in [-0.25, -0.2) is 0 Å². The Labute approximate surface area is 127 Å². The highest BCUT2D eigenvalue weighted by Gasteiger charge is 2.15. The van der Waals surface area contributed by atoms with Gasteiger partial charge in [-0.3, -0.25) is 14.5 Å². The summed E-state index contributed by atoms with van der Waals surface area (Å²) in [4.78, 5) is 27.4. The van der Waals surface area contributed by atoms with E-state index in [1.54, 1.807) is 11.8 Å². The highest BCUT2D eigenvalue weighted by molar-refractivity contribution is 5.77. The van der Waals surface area contributed by atoms with Crippen LogP contribution in [0.2, 0.25) is 0 Å². The third-order valence-corrected chi connectivity index (χ3v) is 3.55. The second-order valence-corrected chi connectivity index (χ2v) is 5.91. The summed E-state index contributed by atoms with van der Waals surface area (Å²) in [6.45, 7) is 11.7. The Morgan fingerprint density at radius 2 is 1.90 bits per heavy atom. The van der Waals surface area contributed by atoms with E-state index in [2.05, 4.69) is 24.1 Å². The van der Waals surface area contributed by atoms with Crippen LogP contribution in [0.15, 0.2) is 0 Å². The van der Waals surface area contributed by atoms with Crippen molar-refractivity contribution in [2.24, 2.45) is 5.92 Å². The first-order valence-corrected chi connectivity index (χ1v) is 7.81. The number of carbonyl (C=O) groups excluding carboxylic acids is 2. The highest BCUT2D eigenvalue weighted by Crippen LogP contribution is 1.99. The van der Waals surface area contributed by atoms with E-state index in [0.29, 0.717) is 32.0 Å². The number of nitrogens with zero attached hydrogens (tertiary/aromatic N) is 2. The van der Waals surface area contributed by atoms with Crippen LogP contribution in [-0.2, 0) is 14.3 Å². The lowest BCUT2D eigenvalue weighted by atomic mass is 10.2. The molecule has 0 spiro atoms. The Morgan fingerprint density at radius 1 is 1.24 bits per heavy atom. The van der Waals surface area contributed by atoms with Crippen molar-refractivity contribution < 1.29 is 14.3 Å². The molecule has 2 amide bonds. The summed E-state index contributed by atoms with van der Waals surface area (Å²) < 4.78 is 5.30. The Hall–Kier alpha value is -1.14. The normalized spacial score (nSPS) is 16.0. The van der Waals surface area contributed by atoms with E-state index < -0.39 is 0 Å². The largest absolute Gasteiger partial charge is 0.379 e. The third kappa shape index (κ3) is 8.02. The van der Waals surface area contributed by atoms with Crippen LogP contribution in [0, 0.1) is 5.92 Å².